The van der Waals surface area contributed by atoms with Gasteiger partial charge in [-0.3, -0.25) is 10.1 Å². The van der Waals surface area contributed by atoms with Crippen LogP contribution in [0.3, 0.4) is 0 Å². The molecule has 1 N–H and O–H groups in total. The van der Waals surface area contributed by atoms with Crippen molar-refractivity contribution >= 4 is 17.7 Å². The lowest BCUT2D eigenvalue weighted by molar-refractivity contribution is -0.135. The molecular weight excluding hydrogens is 280 g/mol. The first kappa shape index (κ1) is 17.1. The molecule has 0 radical (unpaired) electrons. The molecule has 1 amide bonds. The third-order valence-corrected chi connectivity index (χ3v) is 5.87. The predicted octanol–water partition coefficient (Wildman–Crippen LogP) is 3.63. The summed E-state index contributed by atoms with van der Waals surface area (Å²) >= 11 is 1.98. The van der Waals surface area contributed by atoms with Gasteiger partial charge in [-0.05, 0) is 50.0 Å². The fraction of sp³-hybridized carbons (Fsp3) is 0.941. The number of rotatable bonds is 7. The predicted molar refractivity (Wildman–Crippen MR) is 91.5 cm³/mol. The lowest BCUT2D eigenvalue weighted by Crippen LogP contribution is -2.45. The Bertz CT molecular complexity index is 353. The summed E-state index contributed by atoms with van der Waals surface area (Å²) in [5, 5.41) is 3.74. The molecule has 2 unspecified atom stereocenters. The third kappa shape index (κ3) is 3.76. The molecule has 1 spiro atoms. The number of carbonyl (C=O) groups is 1. The molecule has 1 aliphatic heterocycles. The molecule has 4 heteroatoms. The van der Waals surface area contributed by atoms with Crippen LogP contribution in [0.25, 0.3) is 0 Å². The molecule has 21 heavy (non-hydrogen) atoms. The van der Waals surface area contributed by atoms with Gasteiger partial charge in [-0.15, -0.1) is 0 Å². The van der Waals surface area contributed by atoms with Crippen molar-refractivity contribution in [3.63, 3.8) is 0 Å². The summed E-state index contributed by atoms with van der Waals surface area (Å²) in [6.45, 7) is 8.94. The van der Waals surface area contributed by atoms with Gasteiger partial charge in [0.25, 0.3) is 0 Å². The Morgan fingerprint density at radius 3 is 2.57 bits per heavy atom. The Kier molecular flexibility index (Phi) is 6.01. The molecule has 2 fully saturated rings. The summed E-state index contributed by atoms with van der Waals surface area (Å²) in [5.74, 6) is 3.33. The highest BCUT2D eigenvalue weighted by atomic mass is 32.2. The topological polar surface area (TPSA) is 32.3 Å². The van der Waals surface area contributed by atoms with E-state index in [0.717, 1.165) is 37.2 Å². The van der Waals surface area contributed by atoms with Crippen LogP contribution in [-0.2, 0) is 4.79 Å². The first-order valence-corrected chi connectivity index (χ1v) is 9.84. The smallest absolute Gasteiger partial charge is 0.244 e. The van der Waals surface area contributed by atoms with E-state index < -0.39 is 0 Å². The molecular formula is C17H32N2OS. The summed E-state index contributed by atoms with van der Waals surface area (Å²) < 4.78 is 0. The Morgan fingerprint density at radius 2 is 2.00 bits per heavy atom. The van der Waals surface area contributed by atoms with Gasteiger partial charge in [0, 0.05) is 6.04 Å². The fourth-order valence-corrected chi connectivity index (χ4v) is 4.64. The summed E-state index contributed by atoms with van der Waals surface area (Å²) in [4.78, 5) is 15.2. The number of nitrogens with zero attached hydrogens (tertiary/aromatic N) is 1. The van der Waals surface area contributed by atoms with Crippen LogP contribution in [-0.4, -0.2) is 40.1 Å². The van der Waals surface area contributed by atoms with E-state index in [-0.39, 0.29) is 11.7 Å². The van der Waals surface area contributed by atoms with Crippen molar-refractivity contribution in [1.29, 1.82) is 0 Å². The zero-order chi connectivity index (χ0) is 15.5. The van der Waals surface area contributed by atoms with Gasteiger partial charge in [-0.25, -0.2) is 0 Å². The van der Waals surface area contributed by atoms with E-state index in [1.807, 2.05) is 11.8 Å². The van der Waals surface area contributed by atoms with Gasteiger partial charge in [0.1, 0.15) is 0 Å². The minimum Gasteiger partial charge on any atom is -0.323 e. The number of amides is 1. The normalized spacial score (nSPS) is 26.2. The van der Waals surface area contributed by atoms with E-state index in [1.54, 1.807) is 0 Å². The number of hydrogen-bond donors (Lipinski definition) is 1. The maximum absolute atomic E-state index is 13.1. The average molecular weight is 313 g/mol. The highest BCUT2D eigenvalue weighted by Crippen LogP contribution is 2.38. The summed E-state index contributed by atoms with van der Waals surface area (Å²) in [7, 11) is 0. The maximum Gasteiger partial charge on any atom is 0.244 e. The van der Waals surface area contributed by atoms with Gasteiger partial charge in [0.2, 0.25) is 5.91 Å². The molecule has 1 saturated carbocycles. The van der Waals surface area contributed by atoms with E-state index in [9.17, 15) is 4.79 Å². The quantitative estimate of drug-likeness (QED) is 0.729. The molecule has 3 nitrogen and oxygen atoms in total. The van der Waals surface area contributed by atoms with Crippen LogP contribution in [0.2, 0.25) is 0 Å². The van der Waals surface area contributed by atoms with E-state index in [2.05, 4.69) is 37.9 Å². The molecule has 1 aliphatic carbocycles. The van der Waals surface area contributed by atoms with Gasteiger partial charge >= 0.3 is 0 Å². The van der Waals surface area contributed by atoms with Gasteiger partial charge in [0.15, 0.2) is 0 Å². The highest BCUT2D eigenvalue weighted by Gasteiger charge is 2.53. The van der Waals surface area contributed by atoms with Crippen molar-refractivity contribution in [3.05, 3.63) is 0 Å². The number of carbonyl (C=O) groups excluding carboxylic acids is 1. The molecule has 122 valence electrons. The van der Waals surface area contributed by atoms with Crippen molar-refractivity contribution in [2.45, 2.75) is 84.0 Å². The van der Waals surface area contributed by atoms with Crippen LogP contribution in [0.1, 0.15) is 66.2 Å². The first-order chi connectivity index (χ1) is 10.00. The minimum atomic E-state index is -0.217. The zero-order valence-corrected chi connectivity index (χ0v) is 15.0. The summed E-state index contributed by atoms with van der Waals surface area (Å²) in [5.41, 5.74) is -0.217. The van der Waals surface area contributed by atoms with Crippen molar-refractivity contribution in [2.24, 2.45) is 5.92 Å². The van der Waals surface area contributed by atoms with E-state index in [4.69, 9.17) is 0 Å². The molecule has 0 aromatic carbocycles. The molecule has 0 bridgehead atoms. The van der Waals surface area contributed by atoms with E-state index in [0.29, 0.717) is 17.9 Å². The van der Waals surface area contributed by atoms with Crippen molar-refractivity contribution < 1.29 is 4.79 Å². The monoisotopic (exact) mass is 312 g/mol. The van der Waals surface area contributed by atoms with Crippen LogP contribution in [0.4, 0.5) is 0 Å². The lowest BCUT2D eigenvalue weighted by Gasteiger charge is -2.31. The van der Waals surface area contributed by atoms with Crippen molar-refractivity contribution in [3.8, 4) is 0 Å². The van der Waals surface area contributed by atoms with Crippen molar-refractivity contribution in [2.75, 3.05) is 11.5 Å². The van der Waals surface area contributed by atoms with Gasteiger partial charge < -0.3 is 4.90 Å². The second-order valence-corrected chi connectivity index (χ2v) is 8.52. The van der Waals surface area contributed by atoms with E-state index in [1.165, 1.54) is 12.8 Å². The van der Waals surface area contributed by atoms with Crippen molar-refractivity contribution in [1.82, 2.24) is 10.2 Å². The molecule has 0 aromatic heterocycles. The lowest BCUT2D eigenvalue weighted by atomic mass is 9.97. The second kappa shape index (κ2) is 7.36. The van der Waals surface area contributed by atoms with Gasteiger partial charge in [0.05, 0.1) is 11.7 Å². The summed E-state index contributed by atoms with van der Waals surface area (Å²) in [6.07, 6.45) is 6.88. The van der Waals surface area contributed by atoms with Gasteiger partial charge in [-0.1, -0.05) is 33.6 Å². The van der Waals surface area contributed by atoms with Crippen LogP contribution in [0.5, 0.6) is 0 Å². The number of thioether (sulfide) groups is 1. The Hall–Kier alpha value is -0.220. The van der Waals surface area contributed by atoms with Crippen LogP contribution in [0, 0.1) is 5.92 Å². The Morgan fingerprint density at radius 1 is 1.33 bits per heavy atom. The molecule has 0 aromatic rings. The second-order valence-electron chi connectivity index (χ2n) is 7.13. The number of nitrogens with one attached hydrogen (secondary N) is 1. The first-order valence-electron chi connectivity index (χ1n) is 8.68. The molecule has 1 heterocycles. The molecule has 2 rings (SSSR count). The summed E-state index contributed by atoms with van der Waals surface area (Å²) in [6, 6.07) is 0.354. The van der Waals surface area contributed by atoms with Crippen LogP contribution in [0.15, 0.2) is 0 Å². The van der Waals surface area contributed by atoms with Gasteiger partial charge in [-0.2, -0.15) is 11.8 Å². The standard InChI is InChI=1S/C17H32N2OS/c1-5-21-11-8-14(4)19-15(12-13(2)3)18-17(16(19)20)9-6-7-10-17/h13-15,18H,5-12H2,1-4H3. The highest BCUT2D eigenvalue weighted by molar-refractivity contribution is 7.99. The Balaban J connectivity index is 2.08. The maximum atomic E-state index is 13.1. The average Bonchev–Trinajstić information content (AvgIpc) is 2.97. The molecule has 2 atom stereocenters. The third-order valence-electron chi connectivity index (χ3n) is 4.93. The molecule has 1 saturated heterocycles. The minimum absolute atomic E-state index is 0.217. The molecule has 2 aliphatic rings. The SMILES string of the molecule is CCSCCC(C)N1C(=O)C2(CCCC2)NC1CC(C)C. The Labute approximate surface area is 134 Å². The number of hydrogen-bond acceptors (Lipinski definition) is 3. The van der Waals surface area contributed by atoms with Crippen LogP contribution >= 0.6 is 11.8 Å². The van der Waals surface area contributed by atoms with E-state index >= 15 is 0 Å². The fourth-order valence-electron chi connectivity index (χ4n) is 3.84. The largest absolute Gasteiger partial charge is 0.323 e. The van der Waals surface area contributed by atoms with Crippen LogP contribution < -0.4 is 5.32 Å². The zero-order valence-electron chi connectivity index (χ0n) is 14.2.